The van der Waals surface area contributed by atoms with Crippen molar-refractivity contribution in [1.82, 2.24) is 24.9 Å². The SMILES string of the molecule is C1=Cc2nc1c(-c1ccccc1)c1ccc([nH]1)c(-c1ccccc1)c1nc(c(-c3ccccc3)c3ccc([nH]3)c3ccc([nH]3)c2-c2ccccc2)C=C1. The Labute approximate surface area is 306 Å². The van der Waals surface area contributed by atoms with Gasteiger partial charge in [-0.15, -0.1) is 0 Å². The monoisotopic (exact) mass is 679 g/mol. The first kappa shape index (κ1) is 30.6. The summed E-state index contributed by atoms with van der Waals surface area (Å²) in [6.07, 6.45) is 8.53. The van der Waals surface area contributed by atoms with Gasteiger partial charge in [0.05, 0.1) is 33.8 Å². The van der Waals surface area contributed by atoms with Gasteiger partial charge < -0.3 is 15.0 Å². The van der Waals surface area contributed by atoms with Gasteiger partial charge in [-0.1, -0.05) is 121 Å². The van der Waals surface area contributed by atoms with E-state index in [2.05, 4.69) is 185 Å². The first-order chi connectivity index (χ1) is 26.3. The van der Waals surface area contributed by atoms with Gasteiger partial charge in [0.25, 0.3) is 0 Å². The van der Waals surface area contributed by atoms with Crippen molar-refractivity contribution in [2.45, 2.75) is 0 Å². The molecule has 10 bridgehead atoms. The summed E-state index contributed by atoms with van der Waals surface area (Å²) < 4.78 is 0. The number of aromatic amines is 3. The van der Waals surface area contributed by atoms with E-state index in [4.69, 9.17) is 9.97 Å². The van der Waals surface area contributed by atoms with E-state index in [-0.39, 0.29) is 0 Å². The molecule has 4 aromatic heterocycles. The Hall–Kier alpha value is -7.24. The van der Waals surface area contributed by atoms with E-state index in [9.17, 15) is 0 Å². The predicted octanol–water partition coefficient (Wildman–Crippen LogP) is 12.4. The van der Waals surface area contributed by atoms with Gasteiger partial charge in [-0.2, -0.15) is 0 Å². The fraction of sp³-hybridized carbons (Fsp3) is 0. The number of H-pyrrole nitrogens is 3. The molecule has 2 aliphatic rings. The number of hydrogen-bond acceptors (Lipinski definition) is 2. The van der Waals surface area contributed by atoms with Gasteiger partial charge in [-0.25, -0.2) is 9.97 Å². The lowest BCUT2D eigenvalue weighted by molar-refractivity contribution is 1.31. The molecule has 6 heterocycles. The summed E-state index contributed by atoms with van der Waals surface area (Å²) in [6, 6.07) is 54.9. The molecule has 4 aromatic carbocycles. The Morgan fingerprint density at radius 1 is 0.245 bits per heavy atom. The van der Waals surface area contributed by atoms with Gasteiger partial charge in [0.15, 0.2) is 0 Å². The maximum Gasteiger partial charge on any atom is 0.0737 e. The second-order valence-electron chi connectivity index (χ2n) is 13.3. The average molecular weight is 680 g/mol. The lowest BCUT2D eigenvalue weighted by Crippen LogP contribution is -1.88. The van der Waals surface area contributed by atoms with Crippen LogP contribution in [0.2, 0.25) is 0 Å². The standard InChI is InChI=1S/C48H33N5/c1-5-13-31(14-6-1)45-37-23-21-35(49-37)36-22-24-38(50-36)46(32-15-7-2-8-16-32)40-26-28-42(52-40)48(34-19-11-4-12-20-34)44-30-29-43(53-44)47(33-17-9-3-10-18-33)41-27-25-39(45)51-41/h1-30,49-50,53H. The summed E-state index contributed by atoms with van der Waals surface area (Å²) >= 11 is 0. The fourth-order valence-corrected chi connectivity index (χ4v) is 7.55. The van der Waals surface area contributed by atoms with Crippen molar-refractivity contribution in [1.29, 1.82) is 0 Å². The minimum Gasteiger partial charge on any atom is -0.354 e. The Kier molecular flexibility index (Phi) is 7.40. The third kappa shape index (κ3) is 5.52. The molecule has 5 nitrogen and oxygen atoms in total. The number of aromatic nitrogens is 5. The lowest BCUT2D eigenvalue weighted by Gasteiger charge is -2.06. The van der Waals surface area contributed by atoms with Crippen molar-refractivity contribution >= 4 is 57.4 Å². The molecule has 0 spiro atoms. The summed E-state index contributed by atoms with van der Waals surface area (Å²) in [7, 11) is 0. The lowest BCUT2D eigenvalue weighted by atomic mass is 10.0. The van der Waals surface area contributed by atoms with Gasteiger partial charge in [0, 0.05) is 44.3 Å². The molecule has 3 N–H and O–H groups in total. The number of benzene rings is 4. The third-order valence-electron chi connectivity index (χ3n) is 9.98. The Morgan fingerprint density at radius 3 is 0.736 bits per heavy atom. The summed E-state index contributed by atoms with van der Waals surface area (Å²) in [5, 5.41) is 0. The molecule has 8 aromatic rings. The third-order valence-corrected chi connectivity index (χ3v) is 9.98. The predicted molar refractivity (Wildman–Crippen MR) is 221 cm³/mol. The zero-order valence-corrected chi connectivity index (χ0v) is 28.7. The smallest absolute Gasteiger partial charge is 0.0737 e. The number of hydrogen-bond donors (Lipinski definition) is 3. The highest BCUT2D eigenvalue weighted by atomic mass is 14.8. The van der Waals surface area contributed by atoms with Crippen LogP contribution in [0.4, 0.5) is 0 Å². The second kappa shape index (κ2) is 12.8. The summed E-state index contributed by atoms with van der Waals surface area (Å²) in [5.41, 5.74) is 18.0. The van der Waals surface area contributed by atoms with E-state index in [0.29, 0.717) is 0 Å². The molecule has 0 atom stereocenters. The van der Waals surface area contributed by atoms with Gasteiger partial charge in [0.2, 0.25) is 0 Å². The molecule has 2 aliphatic heterocycles. The van der Waals surface area contributed by atoms with Crippen LogP contribution in [0.5, 0.6) is 0 Å². The Balaban J connectivity index is 1.39. The molecule has 0 saturated carbocycles. The van der Waals surface area contributed by atoms with Crippen molar-refractivity contribution < 1.29 is 0 Å². The fourth-order valence-electron chi connectivity index (χ4n) is 7.55. The quantitative estimate of drug-likeness (QED) is 0.173. The van der Waals surface area contributed by atoms with E-state index in [1.807, 2.05) is 12.1 Å². The summed E-state index contributed by atoms with van der Waals surface area (Å²) in [6.45, 7) is 0. The van der Waals surface area contributed by atoms with Crippen LogP contribution in [0, 0.1) is 0 Å². The highest BCUT2D eigenvalue weighted by Gasteiger charge is 2.18. The van der Waals surface area contributed by atoms with Crippen molar-refractivity contribution in [2.24, 2.45) is 0 Å². The average Bonchev–Trinajstić information content (AvgIpc) is 4.07. The minimum absolute atomic E-state index is 0.892. The van der Waals surface area contributed by atoms with Crippen LogP contribution in [-0.4, -0.2) is 24.9 Å². The van der Waals surface area contributed by atoms with Crippen LogP contribution in [0.15, 0.2) is 158 Å². The number of nitrogens with one attached hydrogen (secondary N) is 3. The van der Waals surface area contributed by atoms with Crippen LogP contribution < -0.4 is 0 Å². The minimum atomic E-state index is 0.892. The molecule has 53 heavy (non-hydrogen) atoms. The molecule has 0 radical (unpaired) electrons. The molecule has 0 unspecified atom stereocenters. The van der Waals surface area contributed by atoms with E-state index in [0.717, 1.165) is 100 Å². The van der Waals surface area contributed by atoms with Crippen molar-refractivity contribution in [3.8, 4) is 44.5 Å². The largest absolute Gasteiger partial charge is 0.354 e. The molecular formula is C48H33N5. The summed E-state index contributed by atoms with van der Waals surface area (Å²) in [5.74, 6) is 0. The van der Waals surface area contributed by atoms with E-state index in [1.54, 1.807) is 0 Å². The van der Waals surface area contributed by atoms with Crippen LogP contribution in [-0.2, 0) is 0 Å². The topological polar surface area (TPSA) is 73.2 Å². The number of fused-ring (bicyclic) bond motifs is 11. The number of nitrogens with zero attached hydrogens (tertiary/aromatic N) is 2. The first-order valence-electron chi connectivity index (χ1n) is 17.8. The summed E-state index contributed by atoms with van der Waals surface area (Å²) in [4.78, 5) is 22.1. The second-order valence-corrected chi connectivity index (χ2v) is 13.3. The molecule has 250 valence electrons. The number of rotatable bonds is 4. The zero-order valence-electron chi connectivity index (χ0n) is 28.7. The van der Waals surface area contributed by atoms with Crippen molar-refractivity contribution in [3.05, 3.63) is 181 Å². The maximum atomic E-state index is 5.37. The maximum absolute atomic E-state index is 5.37. The molecule has 10 rings (SSSR count). The van der Waals surface area contributed by atoms with E-state index >= 15 is 0 Å². The van der Waals surface area contributed by atoms with Gasteiger partial charge in [-0.05, 0) is 83.0 Å². The zero-order chi connectivity index (χ0) is 35.1. The van der Waals surface area contributed by atoms with Crippen LogP contribution in [0.25, 0.3) is 102 Å². The highest BCUT2D eigenvalue weighted by Crippen LogP contribution is 2.37. The van der Waals surface area contributed by atoms with Gasteiger partial charge >= 0.3 is 0 Å². The van der Waals surface area contributed by atoms with Crippen molar-refractivity contribution in [3.63, 3.8) is 0 Å². The Morgan fingerprint density at radius 2 is 0.472 bits per heavy atom. The van der Waals surface area contributed by atoms with Crippen LogP contribution >= 0.6 is 0 Å². The van der Waals surface area contributed by atoms with E-state index < -0.39 is 0 Å². The normalized spacial score (nSPS) is 12.0. The molecule has 0 aliphatic carbocycles. The van der Waals surface area contributed by atoms with Gasteiger partial charge in [-0.3, -0.25) is 0 Å². The molecule has 0 saturated heterocycles. The van der Waals surface area contributed by atoms with E-state index in [1.165, 1.54) is 0 Å². The molecular weight excluding hydrogens is 647 g/mol. The van der Waals surface area contributed by atoms with Crippen LogP contribution in [0.3, 0.4) is 0 Å². The first-order valence-corrected chi connectivity index (χ1v) is 17.8. The molecule has 0 amide bonds. The molecule has 0 fully saturated rings. The highest BCUT2D eigenvalue weighted by molar-refractivity contribution is 5.99. The van der Waals surface area contributed by atoms with Gasteiger partial charge in [0.1, 0.15) is 0 Å². The molecule has 5 heteroatoms. The van der Waals surface area contributed by atoms with Crippen LogP contribution in [0.1, 0.15) is 22.8 Å². The Bertz CT molecular complexity index is 2710. The van der Waals surface area contributed by atoms with Crippen molar-refractivity contribution in [2.75, 3.05) is 0 Å².